The molecule has 0 aromatic carbocycles. The van der Waals surface area contributed by atoms with E-state index in [0.717, 1.165) is 0 Å². The second-order valence-corrected chi connectivity index (χ2v) is 11.8. The van der Waals surface area contributed by atoms with Gasteiger partial charge in [-0.1, -0.05) is 20.8 Å². The van der Waals surface area contributed by atoms with Crippen LogP contribution in [0.4, 0.5) is 0 Å². The maximum absolute atomic E-state index is 11.1. The molecule has 0 N–H and O–H groups in total. The molecule has 0 spiro atoms. The van der Waals surface area contributed by atoms with Crippen molar-refractivity contribution in [1.82, 2.24) is 0 Å². The van der Waals surface area contributed by atoms with Crippen molar-refractivity contribution in [2.24, 2.45) is 0 Å². The molecule has 0 aromatic rings. The van der Waals surface area contributed by atoms with E-state index in [1.807, 2.05) is 0 Å². The van der Waals surface area contributed by atoms with Crippen molar-refractivity contribution in [3.8, 4) is 0 Å². The monoisotopic (exact) mass is 329 g/mol. The van der Waals surface area contributed by atoms with Gasteiger partial charge >= 0.3 is 5.70 Å². The number of hydrogen-bond acceptors (Lipinski definition) is 5. The first-order valence-electron chi connectivity index (χ1n) is 7.49. The van der Waals surface area contributed by atoms with E-state index < -0.39 is 13.2 Å². The average molecular weight is 329 g/mol. The molecule has 22 heavy (non-hydrogen) atoms. The van der Waals surface area contributed by atoms with Gasteiger partial charge in [0.25, 0.3) is 0 Å². The van der Waals surface area contributed by atoms with Crippen molar-refractivity contribution in [3.63, 3.8) is 0 Å². The van der Waals surface area contributed by atoms with Crippen LogP contribution < -0.4 is 0 Å². The predicted molar refractivity (Wildman–Crippen MR) is 87.4 cm³/mol. The zero-order valence-corrected chi connectivity index (χ0v) is 15.4. The minimum absolute atomic E-state index is 0.0107. The summed E-state index contributed by atoms with van der Waals surface area (Å²) in [7, 11) is -1.75. The summed E-state index contributed by atoms with van der Waals surface area (Å²) >= 11 is 0. The third-order valence-corrected chi connectivity index (χ3v) is 8.67. The van der Waals surface area contributed by atoms with E-state index in [1.54, 1.807) is 6.92 Å². The van der Waals surface area contributed by atoms with E-state index in [1.165, 1.54) is 6.26 Å². The Labute approximate surface area is 133 Å². The Balaban J connectivity index is 2.46. The summed E-state index contributed by atoms with van der Waals surface area (Å²) in [5, 5.41) is 11.2. The molecule has 1 rings (SSSR count). The second kappa shape index (κ2) is 7.28. The fourth-order valence-corrected chi connectivity index (χ4v) is 2.83. The van der Waals surface area contributed by atoms with E-state index in [2.05, 4.69) is 33.9 Å². The zero-order chi connectivity index (χ0) is 17.0. The highest BCUT2D eigenvalue weighted by Gasteiger charge is 2.36. The van der Waals surface area contributed by atoms with Gasteiger partial charge in [0.05, 0.1) is 23.4 Å². The van der Waals surface area contributed by atoms with Crippen LogP contribution in [0.1, 0.15) is 34.1 Å². The predicted octanol–water partition coefficient (Wildman–Crippen LogP) is 3.84. The molecule has 7 heteroatoms. The summed E-state index contributed by atoms with van der Waals surface area (Å²) in [6.07, 6.45) is 2.09. The molecule has 0 atom stereocenters. The lowest BCUT2D eigenvalue weighted by Gasteiger charge is -2.36. The van der Waals surface area contributed by atoms with Crippen LogP contribution >= 0.6 is 0 Å². The van der Waals surface area contributed by atoms with Crippen LogP contribution in [-0.4, -0.2) is 33.1 Å². The molecular formula is C15H27NO5Si. The van der Waals surface area contributed by atoms with Crippen molar-refractivity contribution in [2.45, 2.75) is 52.2 Å². The Kier molecular flexibility index (Phi) is 6.19. The van der Waals surface area contributed by atoms with Gasteiger partial charge in [0.2, 0.25) is 5.76 Å². The largest absolute Gasteiger partial charge is 0.492 e. The third kappa shape index (κ3) is 4.84. The van der Waals surface area contributed by atoms with Crippen molar-refractivity contribution in [2.75, 3.05) is 19.8 Å². The lowest BCUT2D eigenvalue weighted by Crippen LogP contribution is -2.41. The molecule has 0 radical (unpaired) electrons. The Morgan fingerprint density at radius 2 is 2.00 bits per heavy atom. The van der Waals surface area contributed by atoms with Gasteiger partial charge in [0, 0.05) is 13.0 Å². The molecule has 1 aliphatic rings. The smallest absolute Gasteiger partial charge is 0.316 e. The fourth-order valence-electron chi connectivity index (χ4n) is 1.74. The number of allylic oxidation sites excluding steroid dienone is 1. The molecular weight excluding hydrogens is 302 g/mol. The Hall–Kier alpha value is -1.34. The van der Waals surface area contributed by atoms with Gasteiger partial charge in [-0.3, -0.25) is 10.1 Å². The highest BCUT2D eigenvalue weighted by atomic mass is 28.4. The van der Waals surface area contributed by atoms with E-state index >= 15 is 0 Å². The average Bonchev–Trinajstić information content (AvgIpc) is 2.36. The Morgan fingerprint density at radius 3 is 2.55 bits per heavy atom. The lowest BCUT2D eigenvalue weighted by atomic mass is 10.2. The van der Waals surface area contributed by atoms with Gasteiger partial charge < -0.3 is 13.9 Å². The van der Waals surface area contributed by atoms with Gasteiger partial charge in [-0.2, -0.15) is 0 Å². The van der Waals surface area contributed by atoms with Gasteiger partial charge in [-0.05, 0) is 25.1 Å². The maximum Gasteiger partial charge on any atom is 0.316 e. The normalized spacial score (nSPS) is 16.2. The van der Waals surface area contributed by atoms with Crippen molar-refractivity contribution >= 4 is 8.32 Å². The highest BCUT2D eigenvalue weighted by molar-refractivity contribution is 6.74. The SMILES string of the molecule is CC1=COCC(OCCCO[Si](C)(C)C(C)(C)C)=C1[N+](=O)[O-]. The lowest BCUT2D eigenvalue weighted by molar-refractivity contribution is -0.425. The first-order valence-corrected chi connectivity index (χ1v) is 10.4. The van der Waals surface area contributed by atoms with Gasteiger partial charge in [0.15, 0.2) is 14.9 Å². The van der Waals surface area contributed by atoms with Gasteiger partial charge in [-0.25, -0.2) is 0 Å². The number of hydrogen-bond donors (Lipinski definition) is 0. The molecule has 6 nitrogen and oxygen atoms in total. The molecule has 0 aromatic heterocycles. The van der Waals surface area contributed by atoms with Crippen molar-refractivity contribution in [3.05, 3.63) is 33.4 Å². The fraction of sp³-hybridized carbons (Fsp3) is 0.733. The maximum atomic E-state index is 11.1. The number of nitrogens with zero attached hydrogens (tertiary/aromatic N) is 1. The molecule has 0 bridgehead atoms. The summed E-state index contributed by atoms with van der Waals surface area (Å²) in [5.41, 5.74) is 0.486. The summed E-state index contributed by atoms with van der Waals surface area (Å²) in [6, 6.07) is 0. The van der Waals surface area contributed by atoms with Crippen LogP contribution in [0.3, 0.4) is 0 Å². The van der Waals surface area contributed by atoms with Crippen LogP contribution in [0.5, 0.6) is 0 Å². The van der Waals surface area contributed by atoms with Crippen LogP contribution in [-0.2, 0) is 13.9 Å². The van der Waals surface area contributed by atoms with Crippen LogP contribution in [0.2, 0.25) is 18.1 Å². The number of ether oxygens (including phenoxy) is 2. The van der Waals surface area contributed by atoms with E-state index in [4.69, 9.17) is 13.9 Å². The summed E-state index contributed by atoms with van der Waals surface area (Å²) < 4.78 is 16.7. The Morgan fingerprint density at radius 1 is 1.36 bits per heavy atom. The molecule has 0 saturated heterocycles. The van der Waals surface area contributed by atoms with Crippen molar-refractivity contribution in [1.29, 1.82) is 0 Å². The molecule has 126 valence electrons. The van der Waals surface area contributed by atoms with E-state index in [0.29, 0.717) is 25.2 Å². The minimum atomic E-state index is -1.75. The molecule has 1 heterocycles. The first kappa shape index (κ1) is 18.7. The molecule has 0 amide bonds. The summed E-state index contributed by atoms with van der Waals surface area (Å²) in [5.74, 6) is 0.289. The summed E-state index contributed by atoms with van der Waals surface area (Å²) in [4.78, 5) is 10.6. The molecule has 0 saturated carbocycles. The minimum Gasteiger partial charge on any atom is -0.492 e. The molecule has 0 unspecified atom stereocenters. The Bertz CT molecular complexity index is 477. The van der Waals surface area contributed by atoms with Crippen molar-refractivity contribution < 1.29 is 18.8 Å². The second-order valence-electron chi connectivity index (χ2n) is 6.95. The molecule has 1 aliphatic heterocycles. The van der Waals surface area contributed by atoms with Crippen LogP contribution in [0.25, 0.3) is 0 Å². The summed E-state index contributed by atoms with van der Waals surface area (Å²) in [6.45, 7) is 13.7. The quantitative estimate of drug-likeness (QED) is 0.307. The van der Waals surface area contributed by atoms with Gasteiger partial charge in [-0.15, -0.1) is 0 Å². The van der Waals surface area contributed by atoms with Crippen LogP contribution in [0.15, 0.2) is 23.3 Å². The molecule has 0 fully saturated rings. The number of rotatable bonds is 7. The van der Waals surface area contributed by atoms with Crippen LogP contribution in [0, 0.1) is 10.1 Å². The number of nitro groups is 1. The van der Waals surface area contributed by atoms with E-state index in [-0.39, 0.29) is 23.1 Å². The van der Waals surface area contributed by atoms with E-state index in [9.17, 15) is 10.1 Å². The standard InChI is InChI=1S/C15H27NO5Si/c1-12-10-19-11-13(14(12)16(17)18)20-8-7-9-21-22(5,6)15(2,3)4/h10H,7-9,11H2,1-6H3. The van der Waals surface area contributed by atoms with Gasteiger partial charge in [0.1, 0.15) is 0 Å². The zero-order valence-electron chi connectivity index (χ0n) is 14.4. The topological polar surface area (TPSA) is 70.8 Å². The third-order valence-electron chi connectivity index (χ3n) is 4.13. The molecule has 0 aliphatic carbocycles. The first-order chi connectivity index (χ1) is 10.1. The highest BCUT2D eigenvalue weighted by Crippen LogP contribution is 2.36.